The molecule has 0 heterocycles. The molecule has 9 heteroatoms. The van der Waals surface area contributed by atoms with Crippen LogP contribution < -0.4 is 4.72 Å². The number of nitrogens with zero attached hydrogens (tertiary/aromatic N) is 1. The standard InChI is InChI=1S/C21H18N2O6S/c24-21(17-11-13-18(14-12-17)23(25)26)29-20(16-7-3-1-4-8-16)15-22-30(27,28)19-9-5-2-6-10-19/h1-14,20,22H,15H2/t20-/m0/s1. The van der Waals surface area contributed by atoms with Crippen molar-refractivity contribution in [2.24, 2.45) is 0 Å². The molecular weight excluding hydrogens is 408 g/mol. The summed E-state index contributed by atoms with van der Waals surface area (Å²) in [6, 6.07) is 21.5. The fraction of sp³-hybridized carbons (Fsp3) is 0.0952. The summed E-state index contributed by atoms with van der Waals surface area (Å²) in [5, 5.41) is 10.8. The molecular formula is C21H18N2O6S. The van der Waals surface area contributed by atoms with E-state index in [-0.39, 0.29) is 22.7 Å². The Morgan fingerprint density at radius 2 is 1.50 bits per heavy atom. The fourth-order valence-corrected chi connectivity index (χ4v) is 3.73. The summed E-state index contributed by atoms with van der Waals surface area (Å²) in [5.74, 6) is -0.724. The number of hydrogen-bond acceptors (Lipinski definition) is 6. The number of nitro groups is 1. The predicted molar refractivity (Wildman–Crippen MR) is 109 cm³/mol. The zero-order chi connectivity index (χ0) is 21.6. The van der Waals surface area contributed by atoms with Gasteiger partial charge in [0.1, 0.15) is 6.10 Å². The molecule has 8 nitrogen and oxygen atoms in total. The van der Waals surface area contributed by atoms with Gasteiger partial charge in [-0.05, 0) is 29.8 Å². The monoisotopic (exact) mass is 426 g/mol. The molecule has 3 rings (SSSR count). The second-order valence-corrected chi connectivity index (χ2v) is 8.04. The van der Waals surface area contributed by atoms with Crippen LogP contribution >= 0.6 is 0 Å². The zero-order valence-electron chi connectivity index (χ0n) is 15.7. The van der Waals surface area contributed by atoms with E-state index in [0.717, 1.165) is 0 Å². The fourth-order valence-electron chi connectivity index (χ4n) is 2.68. The Kier molecular flexibility index (Phi) is 6.55. The molecule has 3 aromatic carbocycles. The normalized spacial score (nSPS) is 12.1. The molecule has 0 amide bonds. The summed E-state index contributed by atoms with van der Waals surface area (Å²) in [4.78, 5) is 22.8. The minimum absolute atomic E-state index is 0.0958. The number of non-ortho nitro benzene ring substituents is 1. The van der Waals surface area contributed by atoms with E-state index in [0.29, 0.717) is 5.56 Å². The van der Waals surface area contributed by atoms with Crippen LogP contribution in [0.2, 0.25) is 0 Å². The molecule has 0 unspecified atom stereocenters. The largest absolute Gasteiger partial charge is 0.452 e. The van der Waals surface area contributed by atoms with Gasteiger partial charge in [0, 0.05) is 12.1 Å². The van der Waals surface area contributed by atoms with Crippen molar-refractivity contribution in [2.75, 3.05) is 6.54 Å². The molecule has 154 valence electrons. The average molecular weight is 426 g/mol. The van der Waals surface area contributed by atoms with Crippen molar-refractivity contribution >= 4 is 21.7 Å². The van der Waals surface area contributed by atoms with E-state index in [1.807, 2.05) is 0 Å². The van der Waals surface area contributed by atoms with E-state index in [1.54, 1.807) is 48.5 Å². The van der Waals surface area contributed by atoms with Gasteiger partial charge >= 0.3 is 5.97 Å². The number of ether oxygens (including phenoxy) is 1. The van der Waals surface area contributed by atoms with E-state index in [1.165, 1.54) is 36.4 Å². The van der Waals surface area contributed by atoms with Crippen molar-refractivity contribution in [3.63, 3.8) is 0 Å². The van der Waals surface area contributed by atoms with Crippen LogP contribution in [0.25, 0.3) is 0 Å². The Bertz CT molecular complexity index is 1120. The molecule has 0 aliphatic rings. The quantitative estimate of drug-likeness (QED) is 0.335. The number of carbonyl (C=O) groups is 1. The maximum absolute atomic E-state index is 12.5. The number of esters is 1. The molecule has 0 spiro atoms. The maximum atomic E-state index is 12.5. The predicted octanol–water partition coefficient (Wildman–Crippen LogP) is 3.47. The smallest absolute Gasteiger partial charge is 0.338 e. The van der Waals surface area contributed by atoms with Crippen molar-refractivity contribution in [1.29, 1.82) is 0 Å². The van der Waals surface area contributed by atoms with Gasteiger partial charge in [-0.1, -0.05) is 48.5 Å². The highest BCUT2D eigenvalue weighted by molar-refractivity contribution is 7.89. The summed E-state index contributed by atoms with van der Waals surface area (Å²) in [7, 11) is -3.80. The van der Waals surface area contributed by atoms with Gasteiger partial charge in [-0.2, -0.15) is 0 Å². The van der Waals surface area contributed by atoms with Crippen molar-refractivity contribution in [1.82, 2.24) is 4.72 Å². The molecule has 0 aliphatic carbocycles. The topological polar surface area (TPSA) is 116 Å². The van der Waals surface area contributed by atoms with Crippen molar-refractivity contribution in [3.8, 4) is 0 Å². The highest BCUT2D eigenvalue weighted by atomic mass is 32.2. The van der Waals surface area contributed by atoms with Gasteiger partial charge in [-0.15, -0.1) is 0 Å². The molecule has 0 saturated carbocycles. The zero-order valence-corrected chi connectivity index (χ0v) is 16.5. The highest BCUT2D eigenvalue weighted by Crippen LogP contribution is 2.21. The molecule has 1 atom stereocenters. The molecule has 0 radical (unpaired) electrons. The number of nitro benzene ring substituents is 1. The molecule has 0 aliphatic heterocycles. The number of nitrogens with one attached hydrogen (secondary N) is 1. The highest BCUT2D eigenvalue weighted by Gasteiger charge is 2.22. The summed E-state index contributed by atoms with van der Waals surface area (Å²) < 4.78 is 33.0. The molecule has 3 aromatic rings. The van der Waals surface area contributed by atoms with Crippen LogP contribution in [0.1, 0.15) is 22.0 Å². The molecule has 0 bridgehead atoms. The van der Waals surface area contributed by atoms with E-state index >= 15 is 0 Å². The Morgan fingerprint density at radius 3 is 2.07 bits per heavy atom. The van der Waals surface area contributed by atoms with Gasteiger partial charge in [-0.25, -0.2) is 17.9 Å². The summed E-state index contributed by atoms with van der Waals surface area (Å²) in [5.41, 5.74) is 0.567. The number of hydrogen-bond donors (Lipinski definition) is 1. The number of benzene rings is 3. The van der Waals surface area contributed by atoms with Crippen molar-refractivity contribution < 1.29 is 22.9 Å². The first-order valence-corrected chi connectivity index (χ1v) is 10.4. The molecule has 30 heavy (non-hydrogen) atoms. The number of sulfonamides is 1. The van der Waals surface area contributed by atoms with Crippen LogP contribution in [-0.2, 0) is 14.8 Å². The van der Waals surface area contributed by atoms with Crippen LogP contribution in [0.3, 0.4) is 0 Å². The minimum Gasteiger partial charge on any atom is -0.452 e. The first-order chi connectivity index (χ1) is 14.4. The van der Waals surface area contributed by atoms with E-state index in [4.69, 9.17) is 4.74 Å². The SMILES string of the molecule is O=C(O[C@@H](CNS(=O)(=O)c1ccccc1)c1ccccc1)c1ccc([N+](=O)[O-])cc1. The van der Waals surface area contributed by atoms with Gasteiger partial charge in [0.15, 0.2) is 0 Å². The van der Waals surface area contributed by atoms with Gasteiger partial charge < -0.3 is 4.74 Å². The van der Waals surface area contributed by atoms with Crippen LogP contribution in [0.4, 0.5) is 5.69 Å². The lowest BCUT2D eigenvalue weighted by Crippen LogP contribution is -2.30. The second kappa shape index (κ2) is 9.29. The second-order valence-electron chi connectivity index (χ2n) is 6.27. The van der Waals surface area contributed by atoms with E-state index in [9.17, 15) is 23.3 Å². The van der Waals surface area contributed by atoms with Gasteiger partial charge in [0.2, 0.25) is 10.0 Å². The third-order valence-corrected chi connectivity index (χ3v) is 5.69. The Balaban J connectivity index is 1.78. The third kappa shape index (κ3) is 5.28. The van der Waals surface area contributed by atoms with Crippen LogP contribution in [0, 0.1) is 10.1 Å². The van der Waals surface area contributed by atoms with Gasteiger partial charge in [0.25, 0.3) is 5.69 Å². The Labute approximate surface area is 173 Å². The molecule has 0 aromatic heterocycles. The van der Waals surface area contributed by atoms with Gasteiger partial charge in [0.05, 0.1) is 21.9 Å². The molecule has 1 N–H and O–H groups in total. The van der Waals surface area contributed by atoms with Crippen molar-refractivity contribution in [3.05, 3.63) is 106 Å². The van der Waals surface area contributed by atoms with Crippen LogP contribution in [-0.4, -0.2) is 25.9 Å². The van der Waals surface area contributed by atoms with E-state index < -0.39 is 27.0 Å². The Morgan fingerprint density at radius 1 is 0.933 bits per heavy atom. The third-order valence-electron chi connectivity index (χ3n) is 4.25. The first-order valence-electron chi connectivity index (χ1n) is 8.92. The average Bonchev–Trinajstić information content (AvgIpc) is 2.77. The van der Waals surface area contributed by atoms with Crippen LogP contribution in [0.15, 0.2) is 89.8 Å². The van der Waals surface area contributed by atoms with E-state index in [2.05, 4.69) is 4.72 Å². The summed E-state index contributed by atoms with van der Waals surface area (Å²) >= 11 is 0. The van der Waals surface area contributed by atoms with Crippen molar-refractivity contribution in [2.45, 2.75) is 11.0 Å². The first kappa shape index (κ1) is 21.2. The Hall–Kier alpha value is -3.56. The lowest BCUT2D eigenvalue weighted by Gasteiger charge is -2.19. The number of rotatable bonds is 8. The minimum atomic E-state index is -3.80. The number of carbonyl (C=O) groups excluding carboxylic acids is 1. The summed E-state index contributed by atoms with van der Waals surface area (Å²) in [6.45, 7) is -0.181. The lowest BCUT2D eigenvalue weighted by molar-refractivity contribution is -0.384. The molecule has 0 fully saturated rings. The molecule has 0 saturated heterocycles. The van der Waals surface area contributed by atoms with Crippen LogP contribution in [0.5, 0.6) is 0 Å². The maximum Gasteiger partial charge on any atom is 0.338 e. The summed E-state index contributed by atoms with van der Waals surface area (Å²) in [6.07, 6.45) is -0.896. The lowest BCUT2D eigenvalue weighted by atomic mass is 10.1. The van der Waals surface area contributed by atoms with Gasteiger partial charge in [-0.3, -0.25) is 10.1 Å².